The first kappa shape index (κ1) is 21.3. The third kappa shape index (κ3) is 5.05. The topological polar surface area (TPSA) is 76.5 Å². The van der Waals surface area contributed by atoms with Crippen molar-refractivity contribution in [3.8, 4) is 23.2 Å². The second-order valence-corrected chi connectivity index (χ2v) is 8.36. The Morgan fingerprint density at radius 1 is 1.29 bits per heavy atom. The zero-order valence-electron chi connectivity index (χ0n) is 18.2. The molecule has 1 unspecified atom stereocenters. The molecule has 2 aromatic heterocycles. The molecule has 0 saturated carbocycles. The lowest BCUT2D eigenvalue weighted by Crippen LogP contribution is -2.54. The predicted molar refractivity (Wildman–Crippen MR) is 117 cm³/mol. The molecule has 3 heterocycles. The number of aliphatic hydroxyl groups excluding tert-OH is 1. The van der Waals surface area contributed by atoms with Crippen LogP contribution in [0.1, 0.15) is 37.0 Å². The molecule has 1 saturated heterocycles. The smallest absolute Gasteiger partial charge is 0.167 e. The van der Waals surface area contributed by atoms with Gasteiger partial charge in [0, 0.05) is 56.3 Å². The maximum Gasteiger partial charge on any atom is 0.167 e. The van der Waals surface area contributed by atoms with E-state index in [0.29, 0.717) is 18.1 Å². The van der Waals surface area contributed by atoms with Gasteiger partial charge in [0.05, 0.1) is 18.6 Å². The molecule has 1 aliphatic rings. The number of benzene rings is 1. The Morgan fingerprint density at radius 2 is 2.06 bits per heavy atom. The standard InChI is InChI=1S/C24H28N4O3/c1-18(29)23-25-10-11-28(23)15-21-14-22(31-26-21)20-6-4-19(5-7-20)8-9-24(2)16-27(17-24)12-13-30-3/h4-7,10-11,14,18,29H,12-13,15-17H2,1-3H3. The van der Waals surface area contributed by atoms with Crippen LogP contribution in [0, 0.1) is 17.3 Å². The van der Waals surface area contributed by atoms with Gasteiger partial charge < -0.3 is 18.9 Å². The van der Waals surface area contributed by atoms with E-state index in [-0.39, 0.29) is 5.41 Å². The highest BCUT2D eigenvalue weighted by Gasteiger charge is 2.36. The minimum Gasteiger partial charge on any atom is -0.385 e. The molecule has 1 aromatic carbocycles. The van der Waals surface area contributed by atoms with Crippen LogP contribution >= 0.6 is 0 Å². The second-order valence-electron chi connectivity index (χ2n) is 8.36. The van der Waals surface area contributed by atoms with Crippen molar-refractivity contribution in [2.45, 2.75) is 26.5 Å². The third-order valence-corrected chi connectivity index (χ3v) is 5.45. The first-order valence-electron chi connectivity index (χ1n) is 10.5. The van der Waals surface area contributed by atoms with E-state index in [2.05, 4.69) is 33.8 Å². The fraction of sp³-hybridized carbons (Fsp3) is 0.417. The summed E-state index contributed by atoms with van der Waals surface area (Å²) in [5, 5.41) is 14.0. The number of nitrogens with zero attached hydrogens (tertiary/aromatic N) is 4. The highest BCUT2D eigenvalue weighted by molar-refractivity contribution is 5.59. The van der Waals surface area contributed by atoms with Gasteiger partial charge in [-0.05, 0) is 38.1 Å². The monoisotopic (exact) mass is 420 g/mol. The number of hydrogen-bond donors (Lipinski definition) is 1. The summed E-state index contributed by atoms with van der Waals surface area (Å²) in [6.07, 6.45) is 2.86. The molecule has 0 bridgehead atoms. The summed E-state index contributed by atoms with van der Waals surface area (Å²) in [6, 6.07) is 9.94. The van der Waals surface area contributed by atoms with E-state index in [1.54, 1.807) is 20.2 Å². The normalized spacial score (nSPS) is 16.4. The number of aliphatic hydroxyl groups is 1. The molecule has 1 N–H and O–H groups in total. The Balaban J connectivity index is 1.38. The van der Waals surface area contributed by atoms with Crippen LogP contribution in [-0.4, -0.2) is 58.1 Å². The summed E-state index contributed by atoms with van der Waals surface area (Å²) in [4.78, 5) is 6.54. The van der Waals surface area contributed by atoms with Crippen molar-refractivity contribution in [1.29, 1.82) is 0 Å². The van der Waals surface area contributed by atoms with Crippen molar-refractivity contribution in [1.82, 2.24) is 19.6 Å². The number of rotatable bonds is 7. The molecule has 31 heavy (non-hydrogen) atoms. The first-order chi connectivity index (χ1) is 15.0. The van der Waals surface area contributed by atoms with Crippen LogP contribution in [0.15, 0.2) is 47.2 Å². The lowest BCUT2D eigenvalue weighted by Gasteiger charge is -2.44. The minimum atomic E-state index is -0.634. The fourth-order valence-electron chi connectivity index (χ4n) is 3.86. The molecule has 7 nitrogen and oxygen atoms in total. The van der Waals surface area contributed by atoms with Gasteiger partial charge in [-0.3, -0.25) is 4.90 Å². The van der Waals surface area contributed by atoms with Crippen LogP contribution in [0.4, 0.5) is 0 Å². The van der Waals surface area contributed by atoms with Gasteiger partial charge in [-0.25, -0.2) is 4.98 Å². The summed E-state index contributed by atoms with van der Waals surface area (Å²) < 4.78 is 12.5. The van der Waals surface area contributed by atoms with Gasteiger partial charge in [0.15, 0.2) is 5.76 Å². The Kier molecular flexibility index (Phi) is 6.23. The lowest BCUT2D eigenvalue weighted by atomic mass is 9.82. The van der Waals surface area contributed by atoms with Crippen LogP contribution in [-0.2, 0) is 11.3 Å². The van der Waals surface area contributed by atoms with E-state index in [0.717, 1.165) is 43.1 Å². The van der Waals surface area contributed by atoms with E-state index in [4.69, 9.17) is 9.26 Å². The van der Waals surface area contributed by atoms with E-state index < -0.39 is 6.10 Å². The Hall–Kier alpha value is -2.92. The summed E-state index contributed by atoms with van der Waals surface area (Å²) in [6.45, 7) is 8.08. The van der Waals surface area contributed by atoms with Crippen molar-refractivity contribution >= 4 is 0 Å². The zero-order chi connectivity index (χ0) is 21.8. The average molecular weight is 421 g/mol. The van der Waals surface area contributed by atoms with E-state index in [1.807, 2.05) is 41.1 Å². The number of hydrogen-bond acceptors (Lipinski definition) is 6. The number of ether oxygens (including phenoxy) is 1. The Labute approximate surface area is 182 Å². The van der Waals surface area contributed by atoms with E-state index >= 15 is 0 Å². The molecule has 162 valence electrons. The Morgan fingerprint density at radius 3 is 2.77 bits per heavy atom. The Bertz CT molecular complexity index is 1070. The average Bonchev–Trinajstić information content (AvgIpc) is 3.39. The highest BCUT2D eigenvalue weighted by Crippen LogP contribution is 2.28. The van der Waals surface area contributed by atoms with Crippen molar-refractivity contribution < 1.29 is 14.4 Å². The van der Waals surface area contributed by atoms with E-state index in [9.17, 15) is 5.11 Å². The molecule has 1 fully saturated rings. The van der Waals surface area contributed by atoms with Gasteiger partial charge >= 0.3 is 0 Å². The van der Waals surface area contributed by atoms with Crippen molar-refractivity contribution in [2.24, 2.45) is 5.41 Å². The molecule has 1 atom stereocenters. The van der Waals surface area contributed by atoms with Crippen molar-refractivity contribution in [2.75, 3.05) is 33.4 Å². The van der Waals surface area contributed by atoms with Crippen LogP contribution in [0.25, 0.3) is 11.3 Å². The quantitative estimate of drug-likeness (QED) is 0.592. The maximum absolute atomic E-state index is 9.80. The zero-order valence-corrected chi connectivity index (χ0v) is 18.2. The maximum atomic E-state index is 9.80. The van der Waals surface area contributed by atoms with Crippen molar-refractivity contribution in [3.63, 3.8) is 0 Å². The number of aromatic nitrogens is 3. The molecule has 0 amide bonds. The lowest BCUT2D eigenvalue weighted by molar-refractivity contribution is 0.0365. The fourth-order valence-corrected chi connectivity index (χ4v) is 3.86. The summed E-state index contributed by atoms with van der Waals surface area (Å²) in [5.41, 5.74) is 2.76. The molecule has 7 heteroatoms. The third-order valence-electron chi connectivity index (χ3n) is 5.45. The molecule has 0 radical (unpaired) electrons. The van der Waals surface area contributed by atoms with Crippen LogP contribution in [0.3, 0.4) is 0 Å². The van der Waals surface area contributed by atoms with Gasteiger partial charge in [0.2, 0.25) is 0 Å². The largest absolute Gasteiger partial charge is 0.385 e. The molecule has 3 aromatic rings. The van der Waals surface area contributed by atoms with Gasteiger partial charge in [-0.15, -0.1) is 0 Å². The number of likely N-dealkylation sites (tertiary alicyclic amines) is 1. The molecule has 1 aliphatic heterocycles. The number of methoxy groups -OCH3 is 1. The molecular formula is C24H28N4O3. The SMILES string of the molecule is COCCN1CC(C)(C#Cc2ccc(-c3cc(Cn4ccnc4C(C)O)no3)cc2)C1. The van der Waals surface area contributed by atoms with E-state index in [1.165, 1.54) is 0 Å². The predicted octanol–water partition coefficient (Wildman–Crippen LogP) is 2.96. The van der Waals surface area contributed by atoms with Crippen molar-refractivity contribution in [3.05, 3.63) is 59.8 Å². The van der Waals surface area contributed by atoms with Crippen LogP contribution in [0.2, 0.25) is 0 Å². The molecular weight excluding hydrogens is 392 g/mol. The van der Waals surface area contributed by atoms with Crippen LogP contribution < -0.4 is 0 Å². The van der Waals surface area contributed by atoms with Crippen LogP contribution in [0.5, 0.6) is 0 Å². The molecule has 4 rings (SSSR count). The first-order valence-corrected chi connectivity index (χ1v) is 10.5. The summed E-state index contributed by atoms with van der Waals surface area (Å²) >= 11 is 0. The van der Waals surface area contributed by atoms with Gasteiger partial charge in [0.1, 0.15) is 17.6 Å². The number of imidazole rings is 1. The summed E-state index contributed by atoms with van der Waals surface area (Å²) in [5.74, 6) is 8.04. The van der Waals surface area contributed by atoms with Gasteiger partial charge in [-0.2, -0.15) is 0 Å². The second kappa shape index (κ2) is 9.06. The minimum absolute atomic E-state index is 0.0461. The molecule has 0 spiro atoms. The molecule has 0 aliphatic carbocycles. The van der Waals surface area contributed by atoms with Gasteiger partial charge in [-0.1, -0.05) is 17.0 Å². The highest BCUT2D eigenvalue weighted by atomic mass is 16.5. The summed E-state index contributed by atoms with van der Waals surface area (Å²) in [7, 11) is 1.73. The van der Waals surface area contributed by atoms with Gasteiger partial charge in [0.25, 0.3) is 0 Å².